The molecule has 5 heteroatoms. The van der Waals surface area contributed by atoms with Crippen LogP contribution in [0.25, 0.3) is 22.3 Å². The molecule has 0 saturated carbocycles. The molecule has 132 valence electrons. The number of fused-ring (bicyclic) bond motifs is 4. The molecule has 0 N–H and O–H groups in total. The molecule has 2 atom stereocenters. The van der Waals surface area contributed by atoms with Gasteiger partial charge in [-0.05, 0) is 61.6 Å². The Morgan fingerprint density at radius 1 is 1.04 bits per heavy atom. The highest BCUT2D eigenvalue weighted by atomic mass is 19.2. The number of rotatable bonds is 3. The van der Waals surface area contributed by atoms with E-state index in [1.54, 1.807) is 18.2 Å². The number of aryl methyl sites for hydroxylation is 1. The maximum Gasteiger partial charge on any atom is 0.173 e. The van der Waals surface area contributed by atoms with Crippen LogP contribution in [0.3, 0.4) is 0 Å². The Kier molecular flexibility index (Phi) is 3.99. The first kappa shape index (κ1) is 16.5. The van der Waals surface area contributed by atoms with Crippen molar-refractivity contribution in [3.05, 3.63) is 41.2 Å². The van der Waals surface area contributed by atoms with Crippen molar-refractivity contribution in [1.29, 1.82) is 0 Å². The second-order valence-electron chi connectivity index (χ2n) is 6.94. The highest BCUT2D eigenvalue weighted by Crippen LogP contribution is 2.52. The van der Waals surface area contributed by atoms with Crippen molar-refractivity contribution >= 4 is 0 Å². The summed E-state index contributed by atoms with van der Waals surface area (Å²) in [5.74, 6) is -2.26. The normalized spacial score (nSPS) is 21.3. The topological polar surface area (TPSA) is 18.5 Å². The zero-order valence-corrected chi connectivity index (χ0v) is 14.2. The fraction of sp³-hybridized carbons (Fsp3) is 0.400. The van der Waals surface area contributed by atoms with Crippen molar-refractivity contribution in [2.45, 2.75) is 32.8 Å². The minimum absolute atomic E-state index is 0.0101. The highest BCUT2D eigenvalue weighted by molar-refractivity contribution is 6.03. The van der Waals surface area contributed by atoms with E-state index in [1.165, 1.54) is 6.92 Å². The molecular formula is C20H19F3O2. The molecule has 1 aliphatic heterocycles. The van der Waals surface area contributed by atoms with Gasteiger partial charge in [-0.25, -0.2) is 13.2 Å². The van der Waals surface area contributed by atoms with Crippen molar-refractivity contribution < 1.29 is 22.6 Å². The van der Waals surface area contributed by atoms with Gasteiger partial charge in [-0.15, -0.1) is 0 Å². The van der Waals surface area contributed by atoms with Gasteiger partial charge in [0, 0.05) is 17.0 Å². The average Bonchev–Trinajstić information content (AvgIpc) is 2.59. The minimum atomic E-state index is -0.992. The van der Waals surface area contributed by atoms with Gasteiger partial charge in [0.2, 0.25) is 0 Å². The molecule has 2 aliphatic rings. The molecule has 0 aromatic heterocycles. The first-order chi connectivity index (χ1) is 12.0. The highest BCUT2D eigenvalue weighted by Gasteiger charge is 2.33. The lowest BCUT2D eigenvalue weighted by atomic mass is 9.78. The monoisotopic (exact) mass is 348 g/mol. The van der Waals surface area contributed by atoms with Crippen LogP contribution in [0.5, 0.6) is 5.75 Å². The molecule has 0 amide bonds. The lowest BCUT2D eigenvalue weighted by Crippen LogP contribution is -2.27. The first-order valence-corrected chi connectivity index (χ1v) is 8.53. The Hall–Kier alpha value is -2.01. The molecule has 0 bridgehead atoms. The molecule has 4 rings (SSSR count). The average molecular weight is 348 g/mol. The van der Waals surface area contributed by atoms with Crippen LogP contribution >= 0.6 is 0 Å². The summed E-state index contributed by atoms with van der Waals surface area (Å²) < 4.78 is 54.0. The zero-order valence-electron chi connectivity index (χ0n) is 14.2. The summed E-state index contributed by atoms with van der Waals surface area (Å²) in [6.45, 7) is 4.47. The maximum absolute atomic E-state index is 14.8. The quantitative estimate of drug-likeness (QED) is 0.643. The summed E-state index contributed by atoms with van der Waals surface area (Å²) in [5.41, 5.74) is 1.48. The first-order valence-electron chi connectivity index (χ1n) is 8.53. The summed E-state index contributed by atoms with van der Waals surface area (Å²) in [5, 5.41) is 0. The Morgan fingerprint density at radius 2 is 1.80 bits per heavy atom. The van der Waals surface area contributed by atoms with Crippen LogP contribution in [0.4, 0.5) is 13.2 Å². The van der Waals surface area contributed by atoms with Crippen LogP contribution in [0.15, 0.2) is 18.2 Å². The molecule has 1 saturated heterocycles. The molecule has 2 aromatic rings. The second-order valence-corrected chi connectivity index (χ2v) is 6.94. The van der Waals surface area contributed by atoms with Gasteiger partial charge in [0.05, 0.1) is 19.3 Å². The van der Waals surface area contributed by atoms with Crippen molar-refractivity contribution in [3.8, 4) is 28.0 Å². The number of hydrogen-bond acceptors (Lipinski definition) is 2. The Balaban J connectivity index is 1.57. The fourth-order valence-electron chi connectivity index (χ4n) is 3.56. The number of ether oxygens (including phenoxy) is 2. The molecule has 2 aromatic carbocycles. The van der Waals surface area contributed by atoms with Crippen LogP contribution in [-0.4, -0.2) is 19.3 Å². The van der Waals surface area contributed by atoms with E-state index in [4.69, 9.17) is 9.47 Å². The standard InChI is InChI=1S/C20H19F3O2/c1-10-7-14-13-5-6-15(25-9-12-4-3-11(2)24-8-12)19(22)16(13)17(14)20(23)18(10)21/h5-7,11-12H,3-4,8-9H2,1-2H3. The van der Waals surface area contributed by atoms with E-state index in [0.29, 0.717) is 24.3 Å². The van der Waals surface area contributed by atoms with E-state index in [-0.39, 0.29) is 34.5 Å². The van der Waals surface area contributed by atoms with E-state index in [0.717, 1.165) is 12.8 Å². The van der Waals surface area contributed by atoms with Gasteiger partial charge in [-0.1, -0.05) is 0 Å². The van der Waals surface area contributed by atoms with Crippen LogP contribution in [0, 0.1) is 30.3 Å². The van der Waals surface area contributed by atoms with Crippen molar-refractivity contribution in [1.82, 2.24) is 0 Å². The van der Waals surface area contributed by atoms with E-state index in [1.807, 2.05) is 6.92 Å². The number of hydrogen-bond donors (Lipinski definition) is 0. The fourth-order valence-corrected chi connectivity index (χ4v) is 3.56. The molecule has 2 nitrogen and oxygen atoms in total. The van der Waals surface area contributed by atoms with E-state index >= 15 is 0 Å². The van der Waals surface area contributed by atoms with Crippen molar-refractivity contribution in [3.63, 3.8) is 0 Å². The predicted octanol–water partition coefficient (Wildman–Crippen LogP) is 5.25. The summed E-state index contributed by atoms with van der Waals surface area (Å²) in [6, 6.07) is 4.81. The SMILES string of the molecule is Cc1cc2c(c(F)c1F)-c1c-2ccc(OCC2CCC(C)OC2)c1F. The molecule has 1 aliphatic carbocycles. The van der Waals surface area contributed by atoms with Gasteiger partial charge in [-0.3, -0.25) is 0 Å². The van der Waals surface area contributed by atoms with Crippen molar-refractivity contribution in [2.24, 2.45) is 5.92 Å². The summed E-state index contributed by atoms with van der Waals surface area (Å²) in [6.07, 6.45) is 2.18. The van der Waals surface area contributed by atoms with Crippen LogP contribution in [-0.2, 0) is 4.74 Å². The summed E-state index contributed by atoms with van der Waals surface area (Å²) in [4.78, 5) is 0. The molecule has 0 radical (unpaired) electrons. The van der Waals surface area contributed by atoms with E-state index in [2.05, 4.69) is 0 Å². The minimum Gasteiger partial charge on any atom is -0.490 e. The molecule has 1 fully saturated rings. The lowest BCUT2D eigenvalue weighted by Gasteiger charge is -2.28. The van der Waals surface area contributed by atoms with Crippen LogP contribution in [0.1, 0.15) is 25.3 Å². The van der Waals surface area contributed by atoms with Gasteiger partial charge in [0.25, 0.3) is 0 Å². The molecule has 25 heavy (non-hydrogen) atoms. The van der Waals surface area contributed by atoms with Gasteiger partial charge in [-0.2, -0.15) is 0 Å². The Bertz CT molecular complexity index is 840. The van der Waals surface area contributed by atoms with Gasteiger partial charge < -0.3 is 9.47 Å². The molecule has 2 unspecified atom stereocenters. The Labute approximate surface area is 144 Å². The smallest absolute Gasteiger partial charge is 0.173 e. The van der Waals surface area contributed by atoms with E-state index < -0.39 is 17.5 Å². The predicted molar refractivity (Wildman–Crippen MR) is 89.1 cm³/mol. The van der Waals surface area contributed by atoms with Crippen molar-refractivity contribution in [2.75, 3.05) is 13.2 Å². The van der Waals surface area contributed by atoms with E-state index in [9.17, 15) is 13.2 Å². The number of benzene rings is 2. The second kappa shape index (κ2) is 6.06. The van der Waals surface area contributed by atoms with Gasteiger partial charge in [0.15, 0.2) is 23.2 Å². The third-order valence-electron chi connectivity index (χ3n) is 5.11. The third kappa shape index (κ3) is 2.61. The zero-order chi connectivity index (χ0) is 17.7. The molecule has 0 spiro atoms. The number of halogens is 3. The summed E-state index contributed by atoms with van der Waals surface area (Å²) >= 11 is 0. The van der Waals surface area contributed by atoms with Gasteiger partial charge in [0.1, 0.15) is 0 Å². The Morgan fingerprint density at radius 3 is 2.52 bits per heavy atom. The van der Waals surface area contributed by atoms with Crippen LogP contribution in [0.2, 0.25) is 0 Å². The van der Waals surface area contributed by atoms with Gasteiger partial charge >= 0.3 is 0 Å². The lowest BCUT2D eigenvalue weighted by molar-refractivity contribution is -0.0175. The largest absolute Gasteiger partial charge is 0.490 e. The van der Waals surface area contributed by atoms with Crippen LogP contribution < -0.4 is 4.74 Å². The molecule has 1 heterocycles. The third-order valence-corrected chi connectivity index (χ3v) is 5.11. The maximum atomic E-state index is 14.8. The molecular weight excluding hydrogens is 329 g/mol. The summed E-state index contributed by atoms with van der Waals surface area (Å²) in [7, 11) is 0.